The molecule has 10 radical (unpaired) electrons. The van der Waals surface area contributed by atoms with Crippen LogP contribution in [-0.2, 0) is 33.9 Å². The van der Waals surface area contributed by atoms with Crippen LogP contribution in [-0.4, -0.2) is 8.41 Å². The summed E-state index contributed by atoms with van der Waals surface area (Å²) in [5.41, 5.74) is 0. The molecule has 0 aromatic heterocycles. The largest absolute Gasteiger partial charge is 0 e. The van der Waals surface area contributed by atoms with Crippen LogP contribution in [0.4, 0.5) is 0 Å². The third-order valence-corrected chi connectivity index (χ3v) is 0. The first-order valence-corrected chi connectivity index (χ1v) is 0. The van der Waals surface area contributed by atoms with Gasteiger partial charge in [-0.25, -0.2) is 0 Å². The van der Waals surface area contributed by atoms with E-state index in [9.17, 15) is 0 Å². The number of hydrogen-bond donors (Lipinski definition) is 0. The van der Waals surface area contributed by atoms with Crippen molar-refractivity contribution in [2.75, 3.05) is 0 Å². The van der Waals surface area contributed by atoms with Gasteiger partial charge in [-0.2, -0.15) is 0 Å². The molecule has 0 aromatic rings. The molecule has 0 aliphatic heterocycles. The van der Waals surface area contributed by atoms with Crippen LogP contribution in [0.3, 0.4) is 0 Å². The van der Waals surface area contributed by atoms with Gasteiger partial charge < -0.3 is 0 Å². The second-order valence-electron chi connectivity index (χ2n) is 0. The second-order valence-corrected chi connectivity index (χ2v) is 0. The Morgan fingerprint density at radius 2 is 1.00 bits per heavy atom. The Hall–Kier alpha value is 1.05. The normalized spacial score (nSPS) is 0. The summed E-state index contributed by atoms with van der Waals surface area (Å²) in [4.78, 5) is 0. The van der Waals surface area contributed by atoms with Crippen molar-refractivity contribution in [3.8, 4) is 0 Å². The molecule has 0 fully saturated rings. The molecule has 0 N–H and O–H groups in total. The van der Waals surface area contributed by atoms with Gasteiger partial charge >= 0.3 is 0 Å². The molecule has 0 aliphatic carbocycles. The van der Waals surface area contributed by atoms with Gasteiger partial charge in [0.1, 0.15) is 0 Å². The van der Waals surface area contributed by atoms with E-state index in [1.807, 2.05) is 0 Å². The van der Waals surface area contributed by atoms with Crippen LogP contribution in [0, 0.1) is 7.43 Å². The van der Waals surface area contributed by atoms with Gasteiger partial charge in [0.05, 0.1) is 0 Å². The molecule has 0 aromatic carbocycles. The molecule has 0 amide bonds. The summed E-state index contributed by atoms with van der Waals surface area (Å²) >= 11 is 0. The summed E-state index contributed by atoms with van der Waals surface area (Å²) in [6, 6.07) is 0. The van der Waals surface area contributed by atoms with Crippen LogP contribution < -0.4 is 6.15 Å². The zero-order valence-electron chi connectivity index (χ0n) is 2.25. The molecule has 0 aliphatic rings. The van der Waals surface area contributed by atoms with Crippen LogP contribution in [0.1, 0.15) is 0 Å². The third-order valence-electron chi connectivity index (χ3n) is 0. The smallest absolute Gasteiger partial charge is 0 e. The molecule has 0 heterocycles. The molecule has 5 heavy (non-hydrogen) atoms. The molecule has 0 atom stereocenters. The Kier molecular flexibility index (Phi) is 2100. The van der Waals surface area contributed by atoms with E-state index in [1.165, 1.54) is 0 Å². The van der Waals surface area contributed by atoms with Crippen molar-refractivity contribution in [2.45, 2.75) is 0 Å². The summed E-state index contributed by atoms with van der Waals surface area (Å²) in [7, 11) is 0. The number of rotatable bonds is 0. The first-order chi connectivity index (χ1) is 0. The number of nitrogens with zero attached hydrogens (tertiary/aromatic N) is 1. The fraction of sp³-hybridized carbons (Fsp3) is 0. The zero-order valence-corrected chi connectivity index (χ0v) is 4.51. The molecule has 0 saturated heterocycles. The van der Waals surface area contributed by atoms with Gasteiger partial charge in [-0.05, 0) is 0 Å². The fourth-order valence-corrected chi connectivity index (χ4v) is 0. The van der Waals surface area contributed by atoms with Gasteiger partial charge in [-0.1, -0.05) is 0 Å². The van der Waals surface area contributed by atoms with E-state index in [0.29, 0.717) is 0 Å². The third kappa shape index (κ3) is 42.6. The van der Waals surface area contributed by atoms with Gasteiger partial charge in [-0.15, -0.1) is 0 Å². The van der Waals surface area contributed by atoms with Crippen molar-refractivity contribution in [3.05, 3.63) is 7.43 Å². The van der Waals surface area contributed by atoms with E-state index in [-0.39, 0.29) is 55.8 Å². The molecule has 0 unspecified atom stereocenters. The molecule has 0 saturated carbocycles. The topological polar surface area (TPSA) is 30.5 Å². The molecule has 28 valence electrons. The van der Waals surface area contributed by atoms with Crippen molar-refractivity contribution in [2.24, 2.45) is 0 Å². The first kappa shape index (κ1) is 140. The predicted octanol–water partition coefficient (Wildman–Crippen LogP) is -0.785. The summed E-state index contributed by atoms with van der Waals surface area (Å²) in [5, 5.41) is 0. The summed E-state index contributed by atoms with van der Waals surface area (Å²) in [6.07, 6.45) is 0. The Morgan fingerprint density at radius 1 is 1.00 bits per heavy atom. The summed E-state index contributed by atoms with van der Waals surface area (Å²) in [5.74, 6) is 0. The van der Waals surface area contributed by atoms with Gasteiger partial charge in [-0.3, -0.25) is 0 Å². The van der Waals surface area contributed by atoms with Crippen LogP contribution in [0.25, 0.3) is 0 Å². The Bertz CT molecular complexity index is 11.6. The van der Waals surface area contributed by atoms with Crippen LogP contribution in [0.5, 0.6) is 0 Å². The van der Waals surface area contributed by atoms with E-state index in [4.69, 9.17) is 0 Å². The average molecular weight is 148 g/mol. The van der Waals surface area contributed by atoms with E-state index >= 15 is 0 Å². The number of hydrogen-bond acceptors (Lipinski definition) is 0. The van der Waals surface area contributed by atoms with E-state index in [1.54, 1.807) is 0 Å². The second kappa shape index (κ2) is 75.0. The predicted molar refractivity (Wildman–Crippen MR) is 11.1 cm³/mol. The minimum Gasteiger partial charge on any atom is 0 e. The SMILES string of the molecule is [B].[C].[Cr].[N].[Ni]. The van der Waals surface area contributed by atoms with Crippen molar-refractivity contribution < 1.29 is 33.9 Å². The molecule has 0 spiro atoms. The Morgan fingerprint density at radius 3 is 1.00 bits per heavy atom. The molecule has 0 rings (SSSR count). The van der Waals surface area contributed by atoms with Crippen molar-refractivity contribution in [1.82, 2.24) is 6.15 Å². The first-order valence-electron chi connectivity index (χ1n) is 0. The van der Waals surface area contributed by atoms with E-state index in [2.05, 4.69) is 0 Å². The summed E-state index contributed by atoms with van der Waals surface area (Å²) in [6.45, 7) is 0. The van der Waals surface area contributed by atoms with Gasteiger partial charge in [0.2, 0.25) is 0 Å². The molecule has 4 heteroatoms. The minimum atomic E-state index is 0. The standard InChI is InChI=1S/C.B.Cr.N.Ni. The zero-order chi connectivity index (χ0) is 0. The molecule has 1 nitrogen and oxygen atoms in total. The molecule has 0 bridgehead atoms. The Labute approximate surface area is 56.1 Å². The minimum absolute atomic E-state index is 0. The molecular weight excluding hydrogens is 148 g/mol. The van der Waals surface area contributed by atoms with Crippen molar-refractivity contribution in [1.29, 1.82) is 0 Å². The monoisotopic (exact) mass is 147 g/mol. The van der Waals surface area contributed by atoms with Crippen molar-refractivity contribution >= 4 is 8.41 Å². The van der Waals surface area contributed by atoms with E-state index in [0.717, 1.165) is 0 Å². The maximum Gasteiger partial charge on any atom is 0 e. The van der Waals surface area contributed by atoms with Crippen LogP contribution in [0.15, 0.2) is 0 Å². The Balaban J connectivity index is 0. The van der Waals surface area contributed by atoms with Gasteiger partial charge in [0.25, 0.3) is 0 Å². The summed E-state index contributed by atoms with van der Waals surface area (Å²) < 4.78 is 0. The maximum atomic E-state index is 0. The molecular formula is CBCrNNi. The van der Waals surface area contributed by atoms with Gasteiger partial charge in [0.15, 0.2) is 0 Å². The van der Waals surface area contributed by atoms with Gasteiger partial charge in [0, 0.05) is 55.8 Å². The van der Waals surface area contributed by atoms with E-state index < -0.39 is 0 Å². The fourth-order valence-electron chi connectivity index (χ4n) is 0. The van der Waals surface area contributed by atoms with Crippen LogP contribution in [0.2, 0.25) is 0 Å². The quantitative estimate of drug-likeness (QED) is 0.403. The maximum absolute atomic E-state index is 0. The average Bonchev–Trinajstić information content (AvgIpc) is 0. The van der Waals surface area contributed by atoms with Crippen molar-refractivity contribution in [3.63, 3.8) is 0 Å². The van der Waals surface area contributed by atoms with Crippen LogP contribution >= 0.6 is 0 Å².